The molecule has 0 bridgehead atoms. The van der Waals surface area contributed by atoms with Crippen LogP contribution < -0.4 is 0 Å². The van der Waals surface area contributed by atoms with Gasteiger partial charge in [-0.25, -0.2) is 0 Å². The fourth-order valence-corrected chi connectivity index (χ4v) is 19.5. The first-order chi connectivity index (χ1) is 5.20. The summed E-state index contributed by atoms with van der Waals surface area (Å²) in [6.45, 7) is 4.58. The zero-order valence-electron chi connectivity index (χ0n) is 7.70. The molecule has 1 aliphatic heterocycles. The quantitative estimate of drug-likeness (QED) is 0.489. The van der Waals surface area contributed by atoms with Crippen LogP contribution >= 0.6 is 11.1 Å². The van der Waals surface area contributed by atoms with Gasteiger partial charge in [-0.05, 0) is 6.04 Å². The van der Waals surface area contributed by atoms with Crippen LogP contribution in [0.1, 0.15) is 26.7 Å². The van der Waals surface area contributed by atoms with Crippen molar-refractivity contribution in [2.75, 3.05) is 0 Å². The smallest absolute Gasteiger partial charge is 0.150 e. The first-order valence-electron chi connectivity index (χ1n) is 4.89. The van der Waals surface area contributed by atoms with Crippen LogP contribution in [0.5, 0.6) is 0 Å². The second-order valence-corrected chi connectivity index (χ2v) is 14.7. The second-order valence-electron chi connectivity index (χ2n) is 3.96. The lowest BCUT2D eigenvalue weighted by Gasteiger charge is -2.40. The summed E-state index contributed by atoms with van der Waals surface area (Å²) < 4.78 is 0. The van der Waals surface area contributed by atoms with Gasteiger partial charge in [0.1, 0.15) is 0 Å². The predicted octanol–water partition coefficient (Wildman–Crippen LogP) is 3.31. The van der Waals surface area contributed by atoms with Gasteiger partial charge in [0.15, 0.2) is 7.38 Å². The van der Waals surface area contributed by atoms with Crippen molar-refractivity contribution < 1.29 is 0 Å². The highest BCUT2D eigenvalue weighted by atomic mass is 35.6. The molecule has 1 rings (SSSR count). The molecule has 1 saturated heterocycles. The Balaban J connectivity index is 2.15. The summed E-state index contributed by atoms with van der Waals surface area (Å²) in [4.78, 5) is 0. The van der Waals surface area contributed by atoms with Crippen molar-refractivity contribution in [3.05, 3.63) is 0 Å². The van der Waals surface area contributed by atoms with Crippen LogP contribution in [-0.4, -0.2) is 16.2 Å². The van der Waals surface area contributed by atoms with E-state index in [4.69, 9.17) is 11.1 Å². The number of rotatable bonds is 4. The Kier molecular flexibility index (Phi) is 3.66. The molecule has 1 aliphatic rings. The van der Waals surface area contributed by atoms with Crippen LogP contribution in [0.15, 0.2) is 0 Å². The Bertz CT molecular complexity index is 121. The number of hydrogen-bond acceptors (Lipinski definition) is 0. The van der Waals surface area contributed by atoms with Crippen molar-refractivity contribution in [2.45, 2.75) is 50.1 Å². The monoisotopic (exact) mass is 206 g/mol. The molecule has 11 heavy (non-hydrogen) atoms. The molecule has 0 aliphatic carbocycles. The normalized spacial score (nSPS) is 36.8. The zero-order valence-corrected chi connectivity index (χ0v) is 10.6. The lowest BCUT2D eigenvalue weighted by molar-refractivity contribution is 1.02. The van der Waals surface area contributed by atoms with Crippen molar-refractivity contribution in [3.8, 4) is 0 Å². The van der Waals surface area contributed by atoms with Crippen molar-refractivity contribution in [3.63, 3.8) is 0 Å². The Morgan fingerprint density at radius 3 is 2.36 bits per heavy atom. The SMILES string of the molecule is CCC[SiH]1C[Si](Cl)(CCC)C1. The fourth-order valence-electron chi connectivity index (χ4n) is 2.24. The Morgan fingerprint density at radius 1 is 1.27 bits per heavy atom. The highest BCUT2D eigenvalue weighted by Gasteiger charge is 2.44. The molecular weight excluding hydrogens is 188 g/mol. The lowest BCUT2D eigenvalue weighted by atomic mass is 10.6. The Labute approximate surface area is 77.7 Å². The van der Waals surface area contributed by atoms with E-state index in [2.05, 4.69) is 13.8 Å². The van der Waals surface area contributed by atoms with E-state index in [9.17, 15) is 0 Å². The molecule has 0 amide bonds. The standard InChI is InChI=1S/C8H19ClSi2/c1-3-5-10-7-11(9,8-10)6-4-2/h10H,3-8H2,1-2H3. The van der Waals surface area contributed by atoms with E-state index < -0.39 is 7.38 Å². The van der Waals surface area contributed by atoms with E-state index in [0.29, 0.717) is 0 Å². The average Bonchev–Trinajstić information content (AvgIpc) is 1.85. The molecule has 3 heteroatoms. The minimum atomic E-state index is -1.06. The number of hydrogen-bond donors (Lipinski definition) is 0. The van der Waals surface area contributed by atoms with Gasteiger partial charge in [0.25, 0.3) is 0 Å². The molecule has 1 heterocycles. The summed E-state index contributed by atoms with van der Waals surface area (Å²) >= 11 is 6.51. The maximum absolute atomic E-state index is 6.51. The minimum absolute atomic E-state index is 0.228. The van der Waals surface area contributed by atoms with Gasteiger partial charge in [0.05, 0.1) is 0 Å². The minimum Gasteiger partial charge on any atom is -0.168 e. The van der Waals surface area contributed by atoms with Crippen molar-refractivity contribution >= 4 is 27.3 Å². The van der Waals surface area contributed by atoms with Gasteiger partial charge in [-0.1, -0.05) is 44.1 Å². The first kappa shape index (κ1) is 9.81. The van der Waals surface area contributed by atoms with Gasteiger partial charge >= 0.3 is 0 Å². The van der Waals surface area contributed by atoms with Crippen molar-refractivity contribution in [1.29, 1.82) is 0 Å². The zero-order chi connectivity index (χ0) is 8.32. The first-order valence-corrected chi connectivity index (χ1v) is 11.0. The molecule has 0 nitrogen and oxygen atoms in total. The van der Waals surface area contributed by atoms with Crippen LogP contribution in [0.2, 0.25) is 23.4 Å². The van der Waals surface area contributed by atoms with Gasteiger partial charge in [-0.15, -0.1) is 0 Å². The topological polar surface area (TPSA) is 0 Å². The van der Waals surface area contributed by atoms with Gasteiger partial charge < -0.3 is 0 Å². The van der Waals surface area contributed by atoms with E-state index >= 15 is 0 Å². The highest BCUT2D eigenvalue weighted by molar-refractivity contribution is 7.31. The molecule has 0 unspecified atom stereocenters. The van der Waals surface area contributed by atoms with Gasteiger partial charge in [-0.3, -0.25) is 0 Å². The Morgan fingerprint density at radius 2 is 1.91 bits per heavy atom. The van der Waals surface area contributed by atoms with Gasteiger partial charge in [0.2, 0.25) is 0 Å². The summed E-state index contributed by atoms with van der Waals surface area (Å²) in [6, 6.07) is 2.95. The molecule has 66 valence electrons. The molecular formula is C8H19ClSi2. The molecule has 0 atom stereocenters. The van der Waals surface area contributed by atoms with Crippen LogP contribution in [0.25, 0.3) is 0 Å². The molecule has 0 aromatic carbocycles. The third kappa shape index (κ3) is 2.60. The van der Waals surface area contributed by atoms with E-state index in [0.717, 1.165) is 0 Å². The van der Waals surface area contributed by atoms with Crippen molar-refractivity contribution in [1.82, 2.24) is 0 Å². The maximum Gasteiger partial charge on any atom is 0.150 e. The van der Waals surface area contributed by atoms with Crippen LogP contribution in [-0.2, 0) is 0 Å². The summed E-state index contributed by atoms with van der Waals surface area (Å²) in [5.41, 5.74) is 3.10. The number of halogens is 1. The summed E-state index contributed by atoms with van der Waals surface area (Å²) in [6.07, 6.45) is 2.73. The summed E-state index contributed by atoms with van der Waals surface area (Å²) in [5.74, 6) is 0. The Hall–Kier alpha value is 0.724. The third-order valence-electron chi connectivity index (χ3n) is 2.70. The summed E-state index contributed by atoms with van der Waals surface area (Å²) in [5, 5.41) is 0. The predicted molar refractivity (Wildman–Crippen MR) is 58.6 cm³/mol. The molecule has 0 saturated carbocycles. The van der Waals surface area contributed by atoms with Gasteiger partial charge in [-0.2, -0.15) is 11.1 Å². The average molecular weight is 207 g/mol. The molecule has 0 spiro atoms. The molecule has 0 aromatic rings. The molecule has 0 aromatic heterocycles. The third-order valence-corrected chi connectivity index (χ3v) is 19.3. The van der Waals surface area contributed by atoms with E-state index in [1.54, 1.807) is 17.4 Å². The van der Waals surface area contributed by atoms with Crippen molar-refractivity contribution in [2.24, 2.45) is 0 Å². The molecule has 0 N–H and O–H groups in total. The lowest BCUT2D eigenvalue weighted by Crippen LogP contribution is -2.48. The molecule has 0 radical (unpaired) electrons. The van der Waals surface area contributed by atoms with E-state index in [1.165, 1.54) is 18.9 Å². The van der Waals surface area contributed by atoms with Gasteiger partial charge in [0, 0.05) is 8.80 Å². The van der Waals surface area contributed by atoms with E-state index in [-0.39, 0.29) is 8.80 Å². The second kappa shape index (κ2) is 4.10. The van der Waals surface area contributed by atoms with Crippen LogP contribution in [0.3, 0.4) is 0 Å². The molecule has 1 fully saturated rings. The van der Waals surface area contributed by atoms with Crippen LogP contribution in [0, 0.1) is 0 Å². The fraction of sp³-hybridized carbons (Fsp3) is 1.00. The largest absolute Gasteiger partial charge is 0.168 e. The van der Waals surface area contributed by atoms with E-state index in [1.807, 2.05) is 0 Å². The summed E-state index contributed by atoms with van der Waals surface area (Å²) in [7, 11) is -1.29. The van der Waals surface area contributed by atoms with Crippen LogP contribution in [0.4, 0.5) is 0 Å². The highest BCUT2D eigenvalue weighted by Crippen LogP contribution is 2.41. The maximum atomic E-state index is 6.51.